The molecule has 0 amide bonds. The molecule has 0 bridgehead atoms. The fraction of sp³-hybridized carbons (Fsp3) is 0.600. The van der Waals surface area contributed by atoms with Crippen LogP contribution in [0, 0.1) is 5.92 Å². The van der Waals surface area contributed by atoms with Crippen molar-refractivity contribution in [3.63, 3.8) is 0 Å². The van der Waals surface area contributed by atoms with Crippen LogP contribution in [0.3, 0.4) is 0 Å². The van der Waals surface area contributed by atoms with Gasteiger partial charge >= 0.3 is 0 Å². The summed E-state index contributed by atoms with van der Waals surface area (Å²) in [7, 11) is -1.55. The lowest BCUT2D eigenvalue weighted by Gasteiger charge is -2.31. The number of hydrogen-bond acceptors (Lipinski definition) is 4. The van der Waals surface area contributed by atoms with E-state index in [4.69, 9.17) is 4.74 Å². The lowest BCUT2D eigenvalue weighted by atomic mass is 10.00. The Hall–Kier alpha value is -0.630. The zero-order valence-corrected chi connectivity index (χ0v) is 15.4. The summed E-state index contributed by atoms with van der Waals surface area (Å²) in [6, 6.07) is 4.95. The Morgan fingerprint density at radius 3 is 2.86 bits per heavy atom. The highest BCUT2D eigenvalue weighted by Crippen LogP contribution is 2.30. The van der Waals surface area contributed by atoms with Gasteiger partial charge in [-0.25, -0.2) is 8.42 Å². The second kappa shape index (κ2) is 7.77. The van der Waals surface area contributed by atoms with Crippen LogP contribution in [-0.4, -0.2) is 46.0 Å². The minimum atomic E-state index is -3.45. The molecule has 2 rings (SSSR count). The van der Waals surface area contributed by atoms with Gasteiger partial charge in [0.1, 0.15) is 5.75 Å². The van der Waals surface area contributed by atoms with Gasteiger partial charge in [-0.05, 0) is 73.4 Å². The molecule has 0 aromatic heterocycles. The molecule has 1 saturated heterocycles. The molecule has 0 saturated carbocycles. The van der Waals surface area contributed by atoms with Gasteiger partial charge in [-0.2, -0.15) is 4.31 Å². The van der Waals surface area contributed by atoms with Crippen molar-refractivity contribution in [1.29, 1.82) is 0 Å². The molecule has 1 heterocycles. The van der Waals surface area contributed by atoms with Crippen LogP contribution in [0.25, 0.3) is 0 Å². The van der Waals surface area contributed by atoms with Crippen molar-refractivity contribution in [1.82, 2.24) is 9.62 Å². The van der Waals surface area contributed by atoms with E-state index >= 15 is 0 Å². The van der Waals surface area contributed by atoms with Crippen molar-refractivity contribution in [3.05, 3.63) is 22.7 Å². The van der Waals surface area contributed by atoms with Crippen molar-refractivity contribution in [3.8, 4) is 5.75 Å². The van der Waals surface area contributed by atoms with E-state index in [2.05, 4.69) is 21.2 Å². The van der Waals surface area contributed by atoms with E-state index in [0.717, 1.165) is 19.4 Å². The number of piperidine rings is 1. The number of hydrogen-bond donors (Lipinski definition) is 1. The SMILES string of the molecule is CCOc1ccc(S(=O)(=O)N2CCC[C@@H](CNC)C2)cc1Br. The molecule has 1 aromatic rings. The Kier molecular flexibility index (Phi) is 6.26. The first-order valence-corrected chi connectivity index (χ1v) is 9.79. The molecule has 1 aliphatic rings. The summed E-state index contributed by atoms with van der Waals surface area (Å²) >= 11 is 3.38. The van der Waals surface area contributed by atoms with Gasteiger partial charge < -0.3 is 10.1 Å². The molecule has 1 fully saturated rings. The second-order valence-corrected chi connectivity index (χ2v) is 8.25. The topological polar surface area (TPSA) is 58.6 Å². The Labute approximate surface area is 141 Å². The maximum Gasteiger partial charge on any atom is 0.243 e. The first-order valence-electron chi connectivity index (χ1n) is 7.56. The van der Waals surface area contributed by atoms with Crippen LogP contribution in [0.5, 0.6) is 5.75 Å². The molecular weight excluding hydrogens is 368 g/mol. The zero-order chi connectivity index (χ0) is 16.2. The van der Waals surface area contributed by atoms with Crippen LogP contribution >= 0.6 is 15.9 Å². The highest BCUT2D eigenvalue weighted by Gasteiger charge is 2.30. The number of nitrogens with one attached hydrogen (secondary N) is 1. The van der Waals surface area contributed by atoms with Gasteiger partial charge in [0.05, 0.1) is 16.0 Å². The third-order valence-electron chi connectivity index (χ3n) is 3.82. The first kappa shape index (κ1) is 17.7. The molecule has 124 valence electrons. The highest BCUT2D eigenvalue weighted by atomic mass is 79.9. The molecule has 1 aromatic carbocycles. The van der Waals surface area contributed by atoms with Gasteiger partial charge in [0.25, 0.3) is 0 Å². The smallest absolute Gasteiger partial charge is 0.243 e. The van der Waals surface area contributed by atoms with Gasteiger partial charge in [0.2, 0.25) is 10.0 Å². The lowest BCUT2D eigenvalue weighted by Crippen LogP contribution is -2.42. The quantitative estimate of drug-likeness (QED) is 0.810. The summed E-state index contributed by atoms with van der Waals surface area (Å²) in [5.41, 5.74) is 0. The van der Waals surface area contributed by atoms with Crippen molar-refractivity contribution in [2.75, 3.05) is 33.3 Å². The number of sulfonamides is 1. The van der Waals surface area contributed by atoms with E-state index in [9.17, 15) is 8.42 Å². The van der Waals surface area contributed by atoms with E-state index < -0.39 is 10.0 Å². The minimum Gasteiger partial charge on any atom is -0.493 e. The summed E-state index contributed by atoms with van der Waals surface area (Å²) in [6.45, 7) is 4.45. The summed E-state index contributed by atoms with van der Waals surface area (Å²) in [5, 5.41) is 3.13. The molecule has 0 aliphatic carbocycles. The predicted octanol–water partition coefficient (Wildman–Crippen LogP) is 2.47. The highest BCUT2D eigenvalue weighted by molar-refractivity contribution is 9.10. The maximum atomic E-state index is 12.8. The number of benzene rings is 1. The maximum absolute atomic E-state index is 12.8. The third-order valence-corrected chi connectivity index (χ3v) is 6.30. The Balaban J connectivity index is 2.20. The molecule has 0 spiro atoms. The van der Waals surface area contributed by atoms with Gasteiger partial charge in [-0.15, -0.1) is 0 Å². The number of ether oxygens (including phenoxy) is 1. The third kappa shape index (κ3) is 4.01. The molecule has 22 heavy (non-hydrogen) atoms. The molecule has 0 radical (unpaired) electrons. The van der Waals surface area contributed by atoms with Crippen molar-refractivity contribution >= 4 is 26.0 Å². The minimum absolute atomic E-state index is 0.313. The molecule has 0 unspecified atom stereocenters. The van der Waals surface area contributed by atoms with Crippen LogP contribution < -0.4 is 10.1 Å². The summed E-state index contributed by atoms with van der Waals surface area (Å²) in [6.07, 6.45) is 1.98. The van der Waals surface area contributed by atoms with Crippen LogP contribution in [0.15, 0.2) is 27.6 Å². The van der Waals surface area contributed by atoms with Gasteiger partial charge in [-0.3, -0.25) is 0 Å². The van der Waals surface area contributed by atoms with Crippen LogP contribution in [0.4, 0.5) is 0 Å². The summed E-state index contributed by atoms with van der Waals surface area (Å²) in [5.74, 6) is 1.04. The molecule has 1 N–H and O–H groups in total. The molecule has 7 heteroatoms. The second-order valence-electron chi connectivity index (χ2n) is 5.45. The van der Waals surface area contributed by atoms with Gasteiger partial charge in [0, 0.05) is 13.1 Å². The number of nitrogens with zero attached hydrogens (tertiary/aromatic N) is 1. The molecule has 1 atom stereocenters. The number of rotatable bonds is 6. The average molecular weight is 391 g/mol. The van der Waals surface area contributed by atoms with Crippen molar-refractivity contribution in [2.24, 2.45) is 5.92 Å². The van der Waals surface area contributed by atoms with E-state index in [1.54, 1.807) is 22.5 Å². The predicted molar refractivity (Wildman–Crippen MR) is 90.7 cm³/mol. The Bertz CT molecular complexity index is 605. The molecule has 1 aliphatic heterocycles. The summed E-state index contributed by atoms with van der Waals surface area (Å²) in [4.78, 5) is 0.313. The van der Waals surface area contributed by atoms with E-state index in [-0.39, 0.29) is 0 Å². The van der Waals surface area contributed by atoms with E-state index in [0.29, 0.717) is 40.7 Å². The molecular formula is C15H23BrN2O3S. The van der Waals surface area contributed by atoms with Crippen LogP contribution in [0.2, 0.25) is 0 Å². The fourth-order valence-corrected chi connectivity index (χ4v) is 4.99. The molecule has 5 nitrogen and oxygen atoms in total. The van der Waals surface area contributed by atoms with Gasteiger partial charge in [0.15, 0.2) is 0 Å². The lowest BCUT2D eigenvalue weighted by molar-refractivity contribution is 0.263. The summed E-state index contributed by atoms with van der Waals surface area (Å²) < 4.78 is 33.3. The number of halogens is 1. The standard InChI is InChI=1S/C15H23BrN2O3S/c1-3-21-15-7-6-13(9-14(15)16)22(19,20)18-8-4-5-12(11-18)10-17-2/h6-7,9,12,17H,3-5,8,10-11H2,1-2H3/t12-/m0/s1. The van der Waals surface area contributed by atoms with Crippen molar-refractivity contribution < 1.29 is 13.2 Å². The van der Waals surface area contributed by atoms with E-state index in [1.807, 2.05) is 14.0 Å². The zero-order valence-electron chi connectivity index (χ0n) is 13.0. The Morgan fingerprint density at radius 2 is 2.23 bits per heavy atom. The van der Waals surface area contributed by atoms with Crippen LogP contribution in [-0.2, 0) is 10.0 Å². The Morgan fingerprint density at radius 1 is 1.45 bits per heavy atom. The van der Waals surface area contributed by atoms with E-state index in [1.165, 1.54) is 0 Å². The fourth-order valence-electron chi connectivity index (χ4n) is 2.76. The monoisotopic (exact) mass is 390 g/mol. The van der Waals surface area contributed by atoms with Gasteiger partial charge in [-0.1, -0.05) is 0 Å². The first-order chi connectivity index (χ1) is 10.5. The normalized spacial score (nSPS) is 20.0. The average Bonchev–Trinajstić information content (AvgIpc) is 2.50. The largest absolute Gasteiger partial charge is 0.493 e. The van der Waals surface area contributed by atoms with Crippen LogP contribution in [0.1, 0.15) is 19.8 Å². The van der Waals surface area contributed by atoms with Crippen molar-refractivity contribution in [2.45, 2.75) is 24.7 Å².